The molecule has 0 aromatic heterocycles. The van der Waals surface area contributed by atoms with Crippen LogP contribution < -0.4 is 9.47 Å². The van der Waals surface area contributed by atoms with Crippen molar-refractivity contribution < 1.29 is 33.7 Å². The first kappa shape index (κ1) is 24.8. The van der Waals surface area contributed by atoms with Crippen LogP contribution >= 0.6 is 0 Å². The molecule has 0 unspecified atom stereocenters. The Morgan fingerprint density at radius 2 is 1.81 bits per heavy atom. The van der Waals surface area contributed by atoms with Gasteiger partial charge in [0.25, 0.3) is 0 Å². The highest BCUT2D eigenvalue weighted by Gasteiger charge is 2.37. The Morgan fingerprint density at radius 1 is 1.00 bits per heavy atom. The Labute approximate surface area is 215 Å². The Balaban J connectivity index is 1.58. The number of rotatable bonds is 1. The third-order valence-corrected chi connectivity index (χ3v) is 7.08. The van der Waals surface area contributed by atoms with Gasteiger partial charge < -0.3 is 19.3 Å². The number of fused-ring (bicyclic) bond motifs is 3. The van der Waals surface area contributed by atoms with Crippen LogP contribution in [0.2, 0.25) is 0 Å². The van der Waals surface area contributed by atoms with Crippen molar-refractivity contribution in [3.63, 3.8) is 0 Å². The predicted octanol–water partition coefficient (Wildman–Crippen LogP) is 5.74. The molecule has 0 aliphatic carbocycles. The lowest BCUT2D eigenvalue weighted by Gasteiger charge is -2.30. The lowest BCUT2D eigenvalue weighted by Crippen LogP contribution is -2.26. The van der Waals surface area contributed by atoms with Crippen LogP contribution in [0.3, 0.4) is 0 Å². The third-order valence-electron chi connectivity index (χ3n) is 7.08. The van der Waals surface area contributed by atoms with Crippen molar-refractivity contribution in [1.29, 1.82) is 0 Å². The molecule has 2 atom stereocenters. The fourth-order valence-electron chi connectivity index (χ4n) is 5.17. The second-order valence-electron chi connectivity index (χ2n) is 9.82. The van der Waals surface area contributed by atoms with E-state index in [-0.39, 0.29) is 35.9 Å². The van der Waals surface area contributed by atoms with E-state index in [0.717, 1.165) is 16.9 Å². The standard InChI is InChI=1S/C30H30O7/c1-18-8-7-12-22(31)11-4-2-3-10-20-15-25-28(29(33)27(20)30(34)36-18)23(16-26(32)37-25)21-14-19-9-5-6-13-24(19)35-17-21/h3,5-6,9-10,13-15,18,23,33H,2,4,7-8,11-12,16-17H2,1H3/b10-3+/t18-,23-/m0/s1. The van der Waals surface area contributed by atoms with Gasteiger partial charge in [0.15, 0.2) is 0 Å². The maximum atomic E-state index is 13.3. The number of hydrogen-bond donors (Lipinski definition) is 1. The molecule has 3 heterocycles. The maximum absolute atomic E-state index is 13.3. The number of allylic oxidation sites excluding steroid dienone is 1. The molecule has 0 fully saturated rings. The molecule has 1 N–H and O–H groups in total. The van der Waals surface area contributed by atoms with Gasteiger partial charge in [-0.1, -0.05) is 30.4 Å². The Bertz CT molecular complexity index is 1300. The molecule has 0 saturated carbocycles. The van der Waals surface area contributed by atoms with E-state index >= 15 is 0 Å². The molecule has 0 radical (unpaired) electrons. The SMILES string of the molecule is C[C@H]1CCCC(=O)CCC/C=C/c2cc3c(c(O)c2C(=O)O1)[C@H](C1=Cc2ccccc2OC1)CC(=O)O3. The number of benzene rings is 2. The van der Waals surface area contributed by atoms with Crippen LogP contribution in [0.1, 0.15) is 84.8 Å². The topological polar surface area (TPSA) is 99.1 Å². The zero-order valence-corrected chi connectivity index (χ0v) is 20.8. The van der Waals surface area contributed by atoms with Crippen LogP contribution in [0.15, 0.2) is 42.0 Å². The van der Waals surface area contributed by atoms with Crippen LogP contribution in [0.5, 0.6) is 17.2 Å². The van der Waals surface area contributed by atoms with Crippen molar-refractivity contribution in [3.8, 4) is 17.2 Å². The summed E-state index contributed by atoms with van der Waals surface area (Å²) >= 11 is 0. The van der Waals surface area contributed by atoms with Gasteiger partial charge in [-0.15, -0.1) is 0 Å². The van der Waals surface area contributed by atoms with Gasteiger partial charge in [-0.2, -0.15) is 0 Å². The number of Topliss-reactive ketones (excluding diaryl/α,β-unsaturated/α-hetero) is 1. The number of phenolic OH excluding ortho intramolecular Hbond substituents is 1. The summed E-state index contributed by atoms with van der Waals surface area (Å²) in [5.74, 6) is -0.640. The first-order chi connectivity index (χ1) is 17.9. The van der Waals surface area contributed by atoms with Crippen LogP contribution in [0.4, 0.5) is 0 Å². The van der Waals surface area contributed by atoms with E-state index < -0.39 is 24.0 Å². The van der Waals surface area contributed by atoms with Crippen molar-refractivity contribution in [2.45, 2.75) is 63.9 Å². The molecule has 5 rings (SSSR count). The monoisotopic (exact) mass is 502 g/mol. The highest BCUT2D eigenvalue weighted by atomic mass is 16.5. The molecular formula is C30H30O7. The predicted molar refractivity (Wildman–Crippen MR) is 138 cm³/mol. The molecule has 7 heteroatoms. The summed E-state index contributed by atoms with van der Waals surface area (Å²) < 4.78 is 17.2. The summed E-state index contributed by atoms with van der Waals surface area (Å²) in [5.41, 5.74) is 2.55. The fourth-order valence-corrected chi connectivity index (χ4v) is 5.17. The lowest BCUT2D eigenvalue weighted by molar-refractivity contribution is -0.135. The Kier molecular flexibility index (Phi) is 7.12. The molecule has 0 saturated heterocycles. The maximum Gasteiger partial charge on any atom is 0.342 e. The minimum absolute atomic E-state index is 0.0199. The number of hydrogen-bond acceptors (Lipinski definition) is 7. The quantitative estimate of drug-likeness (QED) is 0.392. The summed E-state index contributed by atoms with van der Waals surface area (Å²) in [6.07, 6.45) is 8.65. The molecule has 2 aromatic carbocycles. The van der Waals surface area contributed by atoms with E-state index in [4.69, 9.17) is 14.2 Å². The molecule has 3 aliphatic rings. The summed E-state index contributed by atoms with van der Waals surface area (Å²) in [6, 6.07) is 9.23. The van der Waals surface area contributed by atoms with E-state index in [9.17, 15) is 19.5 Å². The number of esters is 2. The van der Waals surface area contributed by atoms with Crippen molar-refractivity contribution in [1.82, 2.24) is 0 Å². The van der Waals surface area contributed by atoms with E-state index in [2.05, 4.69) is 0 Å². The molecule has 37 heavy (non-hydrogen) atoms. The lowest BCUT2D eigenvalue weighted by atomic mass is 9.82. The Morgan fingerprint density at radius 3 is 2.68 bits per heavy atom. The normalized spacial score (nSPS) is 23.2. The Hall–Kier alpha value is -3.87. The van der Waals surface area contributed by atoms with E-state index in [1.165, 1.54) is 0 Å². The number of ether oxygens (including phenoxy) is 3. The molecule has 0 amide bonds. The summed E-state index contributed by atoms with van der Waals surface area (Å²) in [4.78, 5) is 38.0. The van der Waals surface area contributed by atoms with Crippen molar-refractivity contribution >= 4 is 29.9 Å². The summed E-state index contributed by atoms with van der Waals surface area (Å²) in [5, 5.41) is 11.5. The largest absolute Gasteiger partial charge is 0.507 e. The highest BCUT2D eigenvalue weighted by Crippen LogP contribution is 2.48. The second-order valence-corrected chi connectivity index (χ2v) is 9.82. The minimum Gasteiger partial charge on any atom is -0.507 e. The number of ketones is 1. The van der Waals surface area contributed by atoms with E-state index in [1.807, 2.05) is 36.4 Å². The van der Waals surface area contributed by atoms with Crippen molar-refractivity contribution in [2.24, 2.45) is 0 Å². The average Bonchev–Trinajstić information content (AvgIpc) is 2.87. The third kappa shape index (κ3) is 5.31. The minimum atomic E-state index is -0.647. The zero-order valence-electron chi connectivity index (χ0n) is 20.8. The number of carbonyl (C=O) groups is 3. The van der Waals surface area contributed by atoms with Gasteiger partial charge >= 0.3 is 11.9 Å². The number of cyclic esters (lactones) is 1. The molecule has 0 spiro atoms. The van der Waals surface area contributed by atoms with Crippen LogP contribution in [0, 0.1) is 0 Å². The van der Waals surface area contributed by atoms with Crippen LogP contribution in [-0.4, -0.2) is 35.5 Å². The van der Waals surface area contributed by atoms with Crippen LogP contribution in [-0.2, 0) is 14.3 Å². The molecule has 3 aliphatic heterocycles. The summed E-state index contributed by atoms with van der Waals surface area (Å²) in [6.45, 7) is 2.04. The van der Waals surface area contributed by atoms with E-state index in [1.54, 1.807) is 19.1 Å². The average molecular weight is 503 g/mol. The second kappa shape index (κ2) is 10.6. The number of para-hydroxylation sites is 1. The first-order valence-electron chi connectivity index (χ1n) is 12.8. The number of aromatic hydroxyl groups is 1. The van der Waals surface area contributed by atoms with Gasteiger partial charge in [0.2, 0.25) is 0 Å². The molecular weight excluding hydrogens is 472 g/mol. The van der Waals surface area contributed by atoms with Crippen molar-refractivity contribution in [3.05, 3.63) is 64.2 Å². The molecule has 192 valence electrons. The molecule has 0 bridgehead atoms. The van der Waals surface area contributed by atoms with Gasteiger partial charge in [-0.05, 0) is 62.0 Å². The first-order valence-corrected chi connectivity index (χ1v) is 12.8. The number of phenols is 1. The van der Waals surface area contributed by atoms with Crippen LogP contribution in [0.25, 0.3) is 12.2 Å². The molecule has 7 nitrogen and oxygen atoms in total. The highest BCUT2D eigenvalue weighted by molar-refractivity contribution is 5.98. The summed E-state index contributed by atoms with van der Waals surface area (Å²) in [7, 11) is 0. The zero-order chi connectivity index (χ0) is 25.9. The molecule has 2 aromatic rings. The van der Waals surface area contributed by atoms with Gasteiger partial charge in [-0.3, -0.25) is 9.59 Å². The van der Waals surface area contributed by atoms with E-state index in [0.29, 0.717) is 49.7 Å². The van der Waals surface area contributed by atoms with Crippen molar-refractivity contribution in [2.75, 3.05) is 6.61 Å². The van der Waals surface area contributed by atoms with Gasteiger partial charge in [0, 0.05) is 29.9 Å². The fraction of sp³-hybridized carbons (Fsp3) is 0.367. The van der Waals surface area contributed by atoms with Gasteiger partial charge in [0.1, 0.15) is 35.2 Å². The van der Waals surface area contributed by atoms with Gasteiger partial charge in [0.05, 0.1) is 12.5 Å². The van der Waals surface area contributed by atoms with Gasteiger partial charge in [-0.25, -0.2) is 4.79 Å². The smallest absolute Gasteiger partial charge is 0.342 e. The number of carbonyl (C=O) groups excluding carboxylic acids is 3.